The van der Waals surface area contributed by atoms with Crippen LogP contribution in [0.4, 0.5) is 10.2 Å². The Morgan fingerprint density at radius 3 is 2.61 bits per heavy atom. The second kappa shape index (κ2) is 9.33. The minimum Gasteiger partial charge on any atom is -0.360 e. The molecule has 0 saturated heterocycles. The third kappa shape index (κ3) is 4.83. The van der Waals surface area contributed by atoms with E-state index in [-0.39, 0.29) is 29.1 Å². The van der Waals surface area contributed by atoms with Gasteiger partial charge in [-0.1, -0.05) is 41.9 Å². The number of fused-ring (bicyclic) bond motifs is 1. The largest absolute Gasteiger partial charge is 0.360 e. The van der Waals surface area contributed by atoms with Crippen LogP contribution in [0.1, 0.15) is 51.9 Å². The van der Waals surface area contributed by atoms with Gasteiger partial charge in [0.25, 0.3) is 5.91 Å². The van der Waals surface area contributed by atoms with Crippen molar-refractivity contribution in [2.45, 2.75) is 26.4 Å². The maximum absolute atomic E-state index is 13.3. The van der Waals surface area contributed by atoms with Crippen LogP contribution in [0.3, 0.4) is 0 Å². The summed E-state index contributed by atoms with van der Waals surface area (Å²) in [7, 11) is 0. The number of carbonyl (C=O) groups is 2. The van der Waals surface area contributed by atoms with Crippen LogP contribution in [0.25, 0.3) is 11.0 Å². The number of hydrogen-bond acceptors (Lipinski definition) is 6. The van der Waals surface area contributed by atoms with Gasteiger partial charge in [-0.15, -0.1) is 0 Å². The van der Waals surface area contributed by atoms with Gasteiger partial charge in [-0.2, -0.15) is 5.10 Å². The fraction of sp³-hybridized carbons (Fsp3) is 0.174. The van der Waals surface area contributed by atoms with E-state index in [4.69, 9.17) is 11.6 Å². The maximum Gasteiger partial charge on any atom is 0.272 e. The Morgan fingerprint density at radius 2 is 1.91 bits per heavy atom. The van der Waals surface area contributed by atoms with Gasteiger partial charge in [-0.3, -0.25) is 14.7 Å². The minimum atomic E-state index is -0.522. The third-order valence-electron chi connectivity index (χ3n) is 5.17. The normalized spacial score (nSPS) is 11.9. The van der Waals surface area contributed by atoms with Gasteiger partial charge in [-0.05, 0) is 37.1 Å². The first-order valence-corrected chi connectivity index (χ1v) is 10.5. The lowest BCUT2D eigenvalue weighted by atomic mass is 10.0. The predicted molar refractivity (Wildman–Crippen MR) is 123 cm³/mol. The first-order valence-electron chi connectivity index (χ1n) is 10.1. The van der Waals surface area contributed by atoms with Crippen LogP contribution in [0.2, 0.25) is 5.02 Å². The highest BCUT2D eigenvalue weighted by Crippen LogP contribution is 2.25. The first-order chi connectivity index (χ1) is 15.8. The average Bonchev–Trinajstić information content (AvgIpc) is 3.22. The zero-order valence-corrected chi connectivity index (χ0v) is 18.6. The maximum atomic E-state index is 13.3. The third-order valence-corrected chi connectivity index (χ3v) is 5.46. The monoisotopic (exact) mass is 466 g/mol. The van der Waals surface area contributed by atoms with Gasteiger partial charge in [0.1, 0.15) is 23.2 Å². The molecule has 4 aromatic rings. The number of H-pyrrole nitrogens is 1. The number of amides is 1. The number of benzene rings is 2. The molecular formula is C23H20ClFN6O2. The average molecular weight is 467 g/mol. The zero-order valence-electron chi connectivity index (χ0n) is 17.8. The molecule has 0 spiro atoms. The Morgan fingerprint density at radius 1 is 1.15 bits per heavy atom. The Hall–Kier alpha value is -3.85. The summed E-state index contributed by atoms with van der Waals surface area (Å²) in [4.78, 5) is 32.5. The van der Waals surface area contributed by atoms with Gasteiger partial charge in [0.15, 0.2) is 17.3 Å². The fourth-order valence-electron chi connectivity index (χ4n) is 3.32. The van der Waals surface area contributed by atoms with Gasteiger partial charge >= 0.3 is 0 Å². The van der Waals surface area contributed by atoms with Crippen molar-refractivity contribution in [1.82, 2.24) is 25.5 Å². The molecule has 3 N–H and O–H groups in total. The summed E-state index contributed by atoms with van der Waals surface area (Å²) >= 11 is 5.79. The minimum absolute atomic E-state index is 0.00508. The summed E-state index contributed by atoms with van der Waals surface area (Å²) in [6.45, 7) is 3.62. The number of rotatable bonds is 7. The highest BCUT2D eigenvalue weighted by Gasteiger charge is 2.19. The van der Waals surface area contributed by atoms with Gasteiger partial charge in [-0.25, -0.2) is 14.4 Å². The lowest BCUT2D eigenvalue weighted by molar-refractivity contribution is 0.0946. The molecule has 1 unspecified atom stereocenters. The van der Waals surface area contributed by atoms with E-state index in [0.29, 0.717) is 28.0 Å². The number of anilines is 1. The van der Waals surface area contributed by atoms with E-state index < -0.39 is 11.7 Å². The molecule has 33 heavy (non-hydrogen) atoms. The second-order valence-corrected chi connectivity index (χ2v) is 7.90. The van der Waals surface area contributed by atoms with Gasteiger partial charge in [0.2, 0.25) is 0 Å². The van der Waals surface area contributed by atoms with Crippen LogP contribution in [0.5, 0.6) is 0 Å². The summed E-state index contributed by atoms with van der Waals surface area (Å²) < 4.78 is 13.3. The molecule has 2 aromatic carbocycles. The van der Waals surface area contributed by atoms with E-state index in [0.717, 1.165) is 5.56 Å². The lowest BCUT2D eigenvalue weighted by Crippen LogP contribution is -2.24. The van der Waals surface area contributed by atoms with E-state index in [1.54, 1.807) is 18.2 Å². The van der Waals surface area contributed by atoms with Crippen molar-refractivity contribution in [1.29, 1.82) is 0 Å². The van der Waals surface area contributed by atoms with E-state index >= 15 is 0 Å². The molecule has 4 rings (SSSR count). The standard InChI is InChI=1S/C23H20ClFN6O2/c1-12(15-4-6-16(7-5-15)13(2)32)29-22-20-19(30-31-22)21(28-11-27-20)23(33)26-10-14-3-8-18(25)17(24)9-14/h3-9,11-12H,10H2,1-2H3,(H,26,33)(H2,29,30,31). The SMILES string of the molecule is CC(=O)c1ccc(C(C)Nc2n[nH]c3c(C(=O)NCc4ccc(F)c(Cl)c4)ncnc23)cc1. The van der Waals surface area contributed by atoms with Crippen LogP contribution < -0.4 is 10.6 Å². The Labute approximate surface area is 193 Å². The summed E-state index contributed by atoms with van der Waals surface area (Å²) in [5.74, 6) is -0.489. The summed E-state index contributed by atoms with van der Waals surface area (Å²) in [5.41, 5.74) is 3.23. The summed E-state index contributed by atoms with van der Waals surface area (Å²) in [6.07, 6.45) is 1.29. The summed E-state index contributed by atoms with van der Waals surface area (Å²) in [5, 5.41) is 13.1. The number of halogens is 2. The number of nitrogens with zero attached hydrogens (tertiary/aromatic N) is 3. The molecule has 0 aliphatic carbocycles. The van der Waals surface area contributed by atoms with Crippen LogP contribution >= 0.6 is 11.6 Å². The van der Waals surface area contributed by atoms with Crippen molar-refractivity contribution in [3.8, 4) is 0 Å². The molecular weight excluding hydrogens is 447 g/mol. The van der Waals surface area contributed by atoms with Crippen molar-refractivity contribution in [3.05, 3.63) is 82.0 Å². The zero-order chi connectivity index (χ0) is 23.5. The molecule has 8 nitrogen and oxygen atoms in total. The number of ketones is 1. The molecule has 1 amide bonds. The van der Waals surface area contributed by atoms with Gasteiger partial charge in [0, 0.05) is 12.1 Å². The van der Waals surface area contributed by atoms with Crippen molar-refractivity contribution >= 4 is 40.1 Å². The molecule has 2 aromatic heterocycles. The molecule has 0 bridgehead atoms. The smallest absolute Gasteiger partial charge is 0.272 e. The predicted octanol–water partition coefficient (Wildman–Crippen LogP) is 4.45. The van der Waals surface area contributed by atoms with Crippen LogP contribution in [-0.4, -0.2) is 31.9 Å². The molecule has 0 fully saturated rings. The van der Waals surface area contributed by atoms with Crippen molar-refractivity contribution in [2.75, 3.05) is 5.32 Å². The van der Waals surface area contributed by atoms with E-state index in [1.807, 2.05) is 19.1 Å². The number of nitrogens with one attached hydrogen (secondary N) is 3. The van der Waals surface area contributed by atoms with Crippen molar-refractivity contribution in [3.63, 3.8) is 0 Å². The van der Waals surface area contributed by atoms with Crippen LogP contribution in [0, 0.1) is 5.82 Å². The van der Waals surface area contributed by atoms with Crippen molar-refractivity contribution in [2.24, 2.45) is 0 Å². The molecule has 0 aliphatic rings. The second-order valence-electron chi connectivity index (χ2n) is 7.49. The Kier molecular flexibility index (Phi) is 6.32. The topological polar surface area (TPSA) is 113 Å². The molecule has 2 heterocycles. The Balaban J connectivity index is 1.50. The quantitative estimate of drug-likeness (QED) is 0.347. The van der Waals surface area contributed by atoms with E-state index in [2.05, 4.69) is 30.8 Å². The van der Waals surface area contributed by atoms with Crippen molar-refractivity contribution < 1.29 is 14.0 Å². The molecule has 0 saturated carbocycles. The Bertz CT molecular complexity index is 1340. The molecule has 168 valence electrons. The number of hydrogen-bond donors (Lipinski definition) is 3. The number of carbonyl (C=O) groups excluding carboxylic acids is 2. The summed E-state index contributed by atoms with van der Waals surface area (Å²) in [6, 6.07) is 11.4. The molecule has 1 atom stereocenters. The molecule has 0 aliphatic heterocycles. The van der Waals surface area contributed by atoms with Crippen LogP contribution in [0.15, 0.2) is 48.8 Å². The highest BCUT2D eigenvalue weighted by atomic mass is 35.5. The molecule has 0 radical (unpaired) electrons. The van der Waals surface area contributed by atoms with Gasteiger partial charge < -0.3 is 10.6 Å². The highest BCUT2D eigenvalue weighted by molar-refractivity contribution is 6.30. The lowest BCUT2D eigenvalue weighted by Gasteiger charge is -2.14. The van der Waals surface area contributed by atoms with E-state index in [9.17, 15) is 14.0 Å². The number of Topliss-reactive ketones (excluding diaryl/α,β-unsaturated/α-hetero) is 1. The fourth-order valence-corrected chi connectivity index (χ4v) is 3.52. The van der Waals surface area contributed by atoms with Gasteiger partial charge in [0.05, 0.1) is 11.1 Å². The van der Waals surface area contributed by atoms with Crippen LogP contribution in [-0.2, 0) is 6.54 Å². The number of aromatic nitrogens is 4. The molecule has 10 heteroatoms. The van der Waals surface area contributed by atoms with E-state index in [1.165, 1.54) is 25.4 Å². The first kappa shape index (κ1) is 22.3. The number of aromatic amines is 1.